The minimum atomic E-state index is 0.186. The largest absolute Gasteiger partial charge is 0.493 e. The average molecular weight is 343 g/mol. The summed E-state index contributed by atoms with van der Waals surface area (Å²) in [5.74, 6) is 2.08. The van der Waals surface area contributed by atoms with Crippen LogP contribution in [0.1, 0.15) is 50.5 Å². The molecule has 2 aliphatic carbocycles. The maximum absolute atomic E-state index is 11.9. The van der Waals surface area contributed by atoms with Gasteiger partial charge in [0.1, 0.15) is 5.78 Å². The molecule has 3 aliphatic rings. The van der Waals surface area contributed by atoms with E-state index in [9.17, 15) is 4.79 Å². The van der Waals surface area contributed by atoms with Crippen molar-refractivity contribution in [2.75, 3.05) is 27.8 Å². The van der Waals surface area contributed by atoms with Crippen LogP contribution in [-0.4, -0.2) is 44.5 Å². The lowest BCUT2D eigenvalue weighted by Crippen LogP contribution is -2.49. The van der Waals surface area contributed by atoms with Crippen molar-refractivity contribution >= 4 is 5.78 Å². The van der Waals surface area contributed by atoms with Crippen LogP contribution >= 0.6 is 0 Å². The number of methoxy groups -OCH3 is 2. The molecule has 1 aromatic rings. The molecular weight excluding hydrogens is 314 g/mol. The van der Waals surface area contributed by atoms with E-state index in [0.717, 1.165) is 43.7 Å². The van der Waals surface area contributed by atoms with E-state index in [1.807, 2.05) is 6.07 Å². The molecule has 0 radical (unpaired) electrons. The van der Waals surface area contributed by atoms with Crippen molar-refractivity contribution in [3.8, 4) is 11.5 Å². The fourth-order valence-corrected chi connectivity index (χ4v) is 5.78. The third-order valence-corrected chi connectivity index (χ3v) is 7.27. The normalized spacial score (nSPS) is 35.2. The fourth-order valence-electron chi connectivity index (χ4n) is 5.78. The van der Waals surface area contributed by atoms with Crippen molar-refractivity contribution in [3.05, 3.63) is 23.8 Å². The number of ether oxygens (including phenoxy) is 2. The molecular formula is C21H29NO3. The van der Waals surface area contributed by atoms with Gasteiger partial charge in [0, 0.05) is 24.3 Å². The van der Waals surface area contributed by atoms with E-state index >= 15 is 0 Å². The van der Waals surface area contributed by atoms with Gasteiger partial charge in [-0.15, -0.1) is 0 Å². The number of carbonyl (C=O) groups is 1. The minimum Gasteiger partial charge on any atom is -0.493 e. The second-order valence-electron chi connectivity index (χ2n) is 8.39. The first-order valence-electron chi connectivity index (χ1n) is 9.46. The number of Topliss-reactive ketones (excluding diaryl/α,β-unsaturated/α-hetero) is 1. The first kappa shape index (κ1) is 16.9. The van der Waals surface area contributed by atoms with Crippen molar-refractivity contribution < 1.29 is 14.3 Å². The Labute approximate surface area is 150 Å². The Bertz CT molecular complexity index is 688. The Morgan fingerprint density at radius 2 is 1.88 bits per heavy atom. The Morgan fingerprint density at radius 1 is 1.08 bits per heavy atom. The summed E-state index contributed by atoms with van der Waals surface area (Å²) in [6.07, 6.45) is 7.39. The van der Waals surface area contributed by atoms with Crippen molar-refractivity contribution in [3.63, 3.8) is 0 Å². The number of benzene rings is 1. The van der Waals surface area contributed by atoms with Gasteiger partial charge in [-0.3, -0.25) is 4.79 Å². The van der Waals surface area contributed by atoms with Gasteiger partial charge >= 0.3 is 0 Å². The number of fused-ring (bicyclic) bond motifs is 1. The molecule has 1 aliphatic heterocycles. The molecule has 0 aromatic heterocycles. The van der Waals surface area contributed by atoms with Gasteiger partial charge in [-0.1, -0.05) is 6.07 Å². The van der Waals surface area contributed by atoms with Crippen LogP contribution in [0.5, 0.6) is 11.5 Å². The third kappa shape index (κ3) is 2.57. The Balaban J connectivity index is 1.70. The highest BCUT2D eigenvalue weighted by Gasteiger charge is 2.55. The van der Waals surface area contributed by atoms with Gasteiger partial charge < -0.3 is 14.4 Å². The molecule has 3 atom stereocenters. The molecule has 1 spiro atoms. The molecule has 1 aromatic carbocycles. The molecule has 4 heteroatoms. The second-order valence-corrected chi connectivity index (χ2v) is 8.39. The van der Waals surface area contributed by atoms with E-state index in [0.29, 0.717) is 11.8 Å². The average Bonchev–Trinajstić information content (AvgIpc) is 3.16. The molecule has 136 valence electrons. The van der Waals surface area contributed by atoms with Gasteiger partial charge in [-0.25, -0.2) is 0 Å². The van der Waals surface area contributed by atoms with Crippen LogP contribution in [0.15, 0.2) is 18.2 Å². The first-order chi connectivity index (χ1) is 12.0. The lowest BCUT2D eigenvalue weighted by molar-refractivity contribution is -0.118. The molecule has 1 saturated heterocycles. The molecule has 1 heterocycles. The highest BCUT2D eigenvalue weighted by atomic mass is 16.5. The topological polar surface area (TPSA) is 38.8 Å². The van der Waals surface area contributed by atoms with Crippen LogP contribution < -0.4 is 9.47 Å². The molecule has 1 unspecified atom stereocenters. The third-order valence-electron chi connectivity index (χ3n) is 7.27. The molecule has 3 fully saturated rings. The lowest BCUT2D eigenvalue weighted by Gasteiger charge is -2.49. The van der Waals surface area contributed by atoms with Gasteiger partial charge in [0.2, 0.25) is 0 Å². The smallest absolute Gasteiger partial charge is 0.161 e. The van der Waals surface area contributed by atoms with Crippen LogP contribution in [0.3, 0.4) is 0 Å². The molecule has 25 heavy (non-hydrogen) atoms. The lowest BCUT2D eigenvalue weighted by atomic mass is 9.58. The molecule has 0 N–H and O–H groups in total. The fraction of sp³-hybridized carbons (Fsp3) is 0.667. The number of hydrogen-bond donors (Lipinski definition) is 0. The molecule has 4 rings (SSSR count). The summed E-state index contributed by atoms with van der Waals surface area (Å²) in [5.41, 5.74) is 1.82. The summed E-state index contributed by atoms with van der Waals surface area (Å²) in [6, 6.07) is 6.97. The number of ketones is 1. The molecule has 0 bridgehead atoms. The van der Waals surface area contributed by atoms with Crippen molar-refractivity contribution in [2.45, 2.75) is 56.4 Å². The first-order valence-corrected chi connectivity index (χ1v) is 9.46. The van der Waals surface area contributed by atoms with E-state index in [-0.39, 0.29) is 10.8 Å². The predicted octanol–water partition coefficient (Wildman–Crippen LogP) is 3.57. The zero-order valence-electron chi connectivity index (χ0n) is 15.6. The summed E-state index contributed by atoms with van der Waals surface area (Å²) in [4.78, 5) is 14.5. The van der Waals surface area contributed by atoms with E-state index in [2.05, 4.69) is 24.1 Å². The van der Waals surface area contributed by atoms with Crippen LogP contribution in [0.4, 0.5) is 0 Å². The number of nitrogens with zero attached hydrogens (tertiary/aromatic N) is 1. The van der Waals surface area contributed by atoms with E-state index in [1.165, 1.54) is 24.8 Å². The molecule has 4 nitrogen and oxygen atoms in total. The highest BCUT2D eigenvalue weighted by molar-refractivity contribution is 5.81. The predicted molar refractivity (Wildman–Crippen MR) is 97.4 cm³/mol. The Kier molecular flexibility index (Phi) is 4.06. The van der Waals surface area contributed by atoms with Crippen LogP contribution in [0.2, 0.25) is 0 Å². The quantitative estimate of drug-likeness (QED) is 0.841. The van der Waals surface area contributed by atoms with E-state index < -0.39 is 0 Å². The summed E-state index contributed by atoms with van der Waals surface area (Å²) in [5, 5.41) is 0. The summed E-state index contributed by atoms with van der Waals surface area (Å²) < 4.78 is 11.0. The van der Waals surface area contributed by atoms with E-state index in [1.54, 1.807) is 14.2 Å². The summed E-state index contributed by atoms with van der Waals surface area (Å²) in [7, 11) is 5.64. The highest BCUT2D eigenvalue weighted by Crippen LogP contribution is 2.58. The van der Waals surface area contributed by atoms with Gasteiger partial charge in [0.15, 0.2) is 11.5 Å². The monoisotopic (exact) mass is 343 g/mol. The SMILES string of the molecule is COc1ccc([C@]23CCN(C)[C@H]2CC2(CCC(=O)C2)CC3)cc1OC. The van der Waals surface area contributed by atoms with Gasteiger partial charge in [0.25, 0.3) is 0 Å². The van der Waals surface area contributed by atoms with Crippen LogP contribution in [0.25, 0.3) is 0 Å². The van der Waals surface area contributed by atoms with Gasteiger partial charge in [-0.2, -0.15) is 0 Å². The molecule has 0 amide bonds. The van der Waals surface area contributed by atoms with E-state index in [4.69, 9.17) is 9.47 Å². The van der Waals surface area contributed by atoms with Crippen LogP contribution in [0, 0.1) is 5.41 Å². The number of likely N-dealkylation sites (N-methyl/N-ethyl adjacent to an activating group) is 1. The van der Waals surface area contributed by atoms with Crippen molar-refractivity contribution in [2.24, 2.45) is 5.41 Å². The molecule has 2 saturated carbocycles. The summed E-state index contributed by atoms with van der Waals surface area (Å²) in [6.45, 7) is 1.13. The Morgan fingerprint density at radius 3 is 2.56 bits per heavy atom. The zero-order chi connectivity index (χ0) is 17.7. The van der Waals surface area contributed by atoms with Crippen LogP contribution in [-0.2, 0) is 10.2 Å². The maximum Gasteiger partial charge on any atom is 0.161 e. The number of carbonyl (C=O) groups excluding carboxylic acids is 1. The standard InChI is InChI=1S/C21H29NO3/c1-22-11-10-21(15-4-5-17(24-2)18(12-15)25-3)9-8-20(14-19(21)22)7-6-16(23)13-20/h4-5,12,19H,6-11,13-14H2,1-3H3/t19-,20?,21-/m0/s1. The Hall–Kier alpha value is -1.55. The van der Waals surface area contributed by atoms with Gasteiger partial charge in [0.05, 0.1) is 14.2 Å². The minimum absolute atomic E-state index is 0.186. The number of likely N-dealkylation sites (tertiary alicyclic amines) is 1. The second kappa shape index (κ2) is 6.01. The van der Waals surface area contributed by atoms with Gasteiger partial charge in [-0.05, 0) is 68.8 Å². The maximum atomic E-state index is 11.9. The number of hydrogen-bond acceptors (Lipinski definition) is 4. The summed E-state index contributed by atoms with van der Waals surface area (Å²) >= 11 is 0. The number of rotatable bonds is 3. The zero-order valence-corrected chi connectivity index (χ0v) is 15.6. The van der Waals surface area contributed by atoms with Crippen molar-refractivity contribution in [1.82, 2.24) is 4.90 Å². The van der Waals surface area contributed by atoms with Crippen molar-refractivity contribution in [1.29, 1.82) is 0 Å².